The number of halogens is 3. The van der Waals surface area contributed by atoms with Crippen LogP contribution in [0.1, 0.15) is 12.8 Å². The molecule has 0 unspecified atom stereocenters. The van der Waals surface area contributed by atoms with Gasteiger partial charge < -0.3 is 5.73 Å². The van der Waals surface area contributed by atoms with Crippen molar-refractivity contribution in [3.63, 3.8) is 0 Å². The third-order valence-corrected chi connectivity index (χ3v) is 5.50. The summed E-state index contributed by atoms with van der Waals surface area (Å²) in [5, 5.41) is 0. The van der Waals surface area contributed by atoms with Gasteiger partial charge in [-0.15, -0.1) is 0 Å². The van der Waals surface area contributed by atoms with Gasteiger partial charge in [-0.1, -0.05) is 0 Å². The molecule has 0 radical (unpaired) electrons. The fraction of sp³-hybridized carbons (Fsp3) is 0.455. The highest BCUT2D eigenvalue weighted by Crippen LogP contribution is 2.27. The first-order valence-corrected chi connectivity index (χ1v) is 7.96. The SMILES string of the molecule is N[C@@H]1CCCN(S(=O)(=O)c2cc(Br)c(F)cc2F)C1. The van der Waals surface area contributed by atoms with E-state index in [9.17, 15) is 17.2 Å². The molecular weight excluding hydrogens is 342 g/mol. The Kier molecular flexibility index (Phi) is 4.24. The minimum atomic E-state index is -3.98. The van der Waals surface area contributed by atoms with E-state index in [1.165, 1.54) is 0 Å². The van der Waals surface area contributed by atoms with E-state index in [-0.39, 0.29) is 17.1 Å². The zero-order chi connectivity index (χ0) is 14.2. The number of hydrogen-bond donors (Lipinski definition) is 1. The van der Waals surface area contributed by atoms with Crippen LogP contribution in [0.5, 0.6) is 0 Å². The molecule has 1 aliphatic rings. The molecule has 8 heteroatoms. The number of nitrogens with two attached hydrogens (primary N) is 1. The maximum Gasteiger partial charge on any atom is 0.246 e. The van der Waals surface area contributed by atoms with Crippen LogP contribution in [0.3, 0.4) is 0 Å². The summed E-state index contributed by atoms with van der Waals surface area (Å²) < 4.78 is 52.5. The molecule has 1 heterocycles. The smallest absolute Gasteiger partial charge is 0.246 e. The molecule has 0 amide bonds. The van der Waals surface area contributed by atoms with Gasteiger partial charge >= 0.3 is 0 Å². The van der Waals surface area contributed by atoms with E-state index in [1.54, 1.807) is 0 Å². The van der Waals surface area contributed by atoms with Gasteiger partial charge in [0, 0.05) is 25.2 Å². The second-order valence-corrected chi connectivity index (χ2v) is 7.22. The molecule has 0 spiro atoms. The Balaban J connectivity index is 2.42. The zero-order valence-electron chi connectivity index (χ0n) is 9.94. The normalized spacial score (nSPS) is 21.6. The second kappa shape index (κ2) is 5.43. The van der Waals surface area contributed by atoms with Gasteiger partial charge in [0.05, 0.1) is 4.47 Å². The Morgan fingerprint density at radius 3 is 2.63 bits per heavy atom. The molecule has 1 aromatic rings. The Bertz CT molecular complexity index is 595. The van der Waals surface area contributed by atoms with Gasteiger partial charge in [0.2, 0.25) is 10.0 Å². The molecule has 4 nitrogen and oxygen atoms in total. The Morgan fingerprint density at radius 2 is 2.00 bits per heavy atom. The molecule has 0 saturated carbocycles. The Hall–Kier alpha value is -0.570. The summed E-state index contributed by atoms with van der Waals surface area (Å²) in [5.74, 6) is -1.94. The fourth-order valence-electron chi connectivity index (χ4n) is 2.03. The van der Waals surface area contributed by atoms with Crippen LogP contribution in [0.2, 0.25) is 0 Å². The standard InChI is InChI=1S/C11H13BrF2N2O2S/c12-8-4-11(10(14)5-9(8)13)19(17,18)16-3-1-2-7(15)6-16/h4-5,7H,1-3,6,15H2/t7-/m1/s1. The molecule has 1 aromatic carbocycles. The fourth-order valence-corrected chi connectivity index (χ4v) is 4.14. The van der Waals surface area contributed by atoms with Crippen LogP contribution >= 0.6 is 15.9 Å². The molecule has 1 fully saturated rings. The number of hydrogen-bond acceptors (Lipinski definition) is 3. The van der Waals surface area contributed by atoms with Crippen LogP contribution in [0.4, 0.5) is 8.78 Å². The van der Waals surface area contributed by atoms with Crippen LogP contribution in [-0.2, 0) is 10.0 Å². The van der Waals surface area contributed by atoms with Crippen molar-refractivity contribution in [2.75, 3.05) is 13.1 Å². The highest BCUT2D eigenvalue weighted by Gasteiger charge is 2.31. The lowest BCUT2D eigenvalue weighted by Crippen LogP contribution is -2.45. The first kappa shape index (κ1) is 14.8. The molecule has 0 bridgehead atoms. The lowest BCUT2D eigenvalue weighted by molar-refractivity contribution is 0.315. The predicted octanol–water partition coefficient (Wildman–Crippen LogP) is 1.84. The molecule has 19 heavy (non-hydrogen) atoms. The van der Waals surface area contributed by atoms with Gasteiger partial charge in [0.25, 0.3) is 0 Å². The molecule has 1 saturated heterocycles. The molecular formula is C11H13BrF2N2O2S. The number of rotatable bonds is 2. The van der Waals surface area contributed by atoms with Crippen molar-refractivity contribution < 1.29 is 17.2 Å². The van der Waals surface area contributed by atoms with Crippen LogP contribution < -0.4 is 5.73 Å². The summed E-state index contributed by atoms with van der Waals surface area (Å²) in [5.41, 5.74) is 5.72. The summed E-state index contributed by atoms with van der Waals surface area (Å²) in [6.07, 6.45) is 1.37. The van der Waals surface area contributed by atoms with Gasteiger partial charge in [-0.3, -0.25) is 0 Å². The maximum atomic E-state index is 13.7. The maximum absolute atomic E-state index is 13.7. The van der Waals surface area contributed by atoms with Gasteiger partial charge in [0.1, 0.15) is 16.5 Å². The first-order chi connectivity index (χ1) is 8.82. The van der Waals surface area contributed by atoms with Crippen LogP contribution in [0.25, 0.3) is 0 Å². The van der Waals surface area contributed by atoms with Crippen molar-refractivity contribution in [1.82, 2.24) is 4.31 Å². The van der Waals surface area contributed by atoms with E-state index in [4.69, 9.17) is 5.73 Å². The van der Waals surface area contributed by atoms with Crippen molar-refractivity contribution in [2.45, 2.75) is 23.8 Å². The largest absolute Gasteiger partial charge is 0.327 e. The van der Waals surface area contributed by atoms with Gasteiger partial charge in [-0.25, -0.2) is 17.2 Å². The summed E-state index contributed by atoms with van der Waals surface area (Å²) in [4.78, 5) is -0.533. The van der Waals surface area contributed by atoms with Crippen LogP contribution in [0, 0.1) is 11.6 Å². The van der Waals surface area contributed by atoms with Crippen molar-refractivity contribution in [1.29, 1.82) is 0 Å². The number of sulfonamides is 1. The third-order valence-electron chi connectivity index (χ3n) is 3.01. The zero-order valence-corrected chi connectivity index (χ0v) is 12.3. The summed E-state index contributed by atoms with van der Waals surface area (Å²) >= 11 is 2.86. The molecule has 1 aliphatic heterocycles. The van der Waals surface area contributed by atoms with E-state index in [0.29, 0.717) is 19.0 Å². The minimum Gasteiger partial charge on any atom is -0.327 e. The van der Waals surface area contributed by atoms with Gasteiger partial charge in [-0.05, 0) is 34.8 Å². The topological polar surface area (TPSA) is 63.4 Å². The van der Waals surface area contributed by atoms with Crippen molar-refractivity contribution in [3.8, 4) is 0 Å². The van der Waals surface area contributed by atoms with Crippen molar-refractivity contribution in [3.05, 3.63) is 28.2 Å². The molecule has 0 aliphatic carbocycles. The van der Waals surface area contributed by atoms with Crippen LogP contribution in [0.15, 0.2) is 21.5 Å². The quantitative estimate of drug-likeness (QED) is 0.824. The minimum absolute atomic E-state index is 0.0891. The second-order valence-electron chi connectivity index (χ2n) is 4.46. The van der Waals surface area contributed by atoms with E-state index in [0.717, 1.165) is 16.8 Å². The lowest BCUT2D eigenvalue weighted by atomic mass is 10.1. The average molecular weight is 355 g/mol. The number of nitrogens with zero attached hydrogens (tertiary/aromatic N) is 1. The monoisotopic (exact) mass is 354 g/mol. The third kappa shape index (κ3) is 2.96. The van der Waals surface area contributed by atoms with E-state index in [1.807, 2.05) is 0 Å². The summed E-state index contributed by atoms with van der Waals surface area (Å²) in [7, 11) is -3.98. The molecule has 1 atom stereocenters. The van der Waals surface area contributed by atoms with Gasteiger partial charge in [0.15, 0.2) is 0 Å². The van der Waals surface area contributed by atoms with E-state index in [2.05, 4.69) is 15.9 Å². The predicted molar refractivity (Wildman–Crippen MR) is 70.0 cm³/mol. The average Bonchev–Trinajstić information content (AvgIpc) is 2.33. The molecule has 0 aromatic heterocycles. The number of piperidine rings is 1. The van der Waals surface area contributed by atoms with Crippen molar-refractivity contribution in [2.24, 2.45) is 5.73 Å². The highest BCUT2D eigenvalue weighted by molar-refractivity contribution is 9.10. The van der Waals surface area contributed by atoms with Crippen LogP contribution in [-0.4, -0.2) is 31.9 Å². The number of benzene rings is 1. The molecule has 2 N–H and O–H groups in total. The van der Waals surface area contributed by atoms with Gasteiger partial charge in [-0.2, -0.15) is 4.31 Å². The van der Waals surface area contributed by atoms with E-state index >= 15 is 0 Å². The van der Waals surface area contributed by atoms with E-state index < -0.39 is 26.6 Å². The lowest BCUT2D eigenvalue weighted by Gasteiger charge is -2.30. The van der Waals surface area contributed by atoms with Crippen molar-refractivity contribution >= 4 is 26.0 Å². The highest BCUT2D eigenvalue weighted by atomic mass is 79.9. The summed E-state index contributed by atoms with van der Waals surface area (Å²) in [6, 6.07) is 1.25. The molecule has 106 valence electrons. The molecule has 2 rings (SSSR count). The summed E-state index contributed by atoms with van der Waals surface area (Å²) in [6.45, 7) is 0.446. The Labute approximate surface area is 118 Å². The Morgan fingerprint density at radius 1 is 1.32 bits per heavy atom. The first-order valence-electron chi connectivity index (χ1n) is 5.72.